The summed E-state index contributed by atoms with van der Waals surface area (Å²) in [6.45, 7) is 3.95. The molecule has 1 aliphatic rings. The molecule has 1 fully saturated rings. The molecule has 1 aliphatic heterocycles. The summed E-state index contributed by atoms with van der Waals surface area (Å²) in [5.74, 6) is 2.62. The molecule has 11 heteroatoms. The maximum Gasteiger partial charge on any atom is 0.160 e. The molecule has 6 heterocycles. The number of nitrogens with zero attached hydrogens (tertiary/aromatic N) is 8. The summed E-state index contributed by atoms with van der Waals surface area (Å²) in [6.07, 6.45) is 8.79. The van der Waals surface area contributed by atoms with Gasteiger partial charge in [-0.1, -0.05) is 0 Å². The molecule has 0 unspecified atom stereocenters. The third-order valence-corrected chi connectivity index (χ3v) is 6.41. The Bertz CT molecular complexity index is 1710. The van der Waals surface area contributed by atoms with E-state index in [1.165, 1.54) is 6.33 Å². The standard InChI is InChI=1S/C25H22N10O/c1-16-10-18(2-3-22(16)36-19-4-7-34-23(11-19)27-14-29-34)31-25-24-21(6-9-35(24)30-15-28-25)33-8-5-20(32-33)17-12-26-13-17/h2-11,14-15,17,26H,12-13H2,1H3,(H,28,30,31). The molecular weight excluding hydrogens is 456 g/mol. The van der Waals surface area contributed by atoms with Crippen molar-refractivity contribution in [3.05, 3.63) is 85.0 Å². The van der Waals surface area contributed by atoms with Crippen molar-refractivity contribution in [2.24, 2.45) is 0 Å². The van der Waals surface area contributed by atoms with Crippen molar-refractivity contribution in [3.8, 4) is 17.2 Å². The number of hydrogen-bond donors (Lipinski definition) is 2. The van der Waals surface area contributed by atoms with E-state index in [-0.39, 0.29) is 0 Å². The Hall–Kier alpha value is -4.77. The number of fused-ring (bicyclic) bond motifs is 2. The minimum atomic E-state index is 0.468. The number of ether oxygens (including phenoxy) is 1. The van der Waals surface area contributed by atoms with Gasteiger partial charge in [0.25, 0.3) is 0 Å². The number of rotatable bonds is 6. The fraction of sp³-hybridized carbons (Fsp3) is 0.160. The molecule has 0 amide bonds. The van der Waals surface area contributed by atoms with Crippen molar-refractivity contribution < 1.29 is 4.74 Å². The quantitative estimate of drug-likeness (QED) is 0.374. The van der Waals surface area contributed by atoms with Crippen molar-refractivity contribution in [2.75, 3.05) is 18.4 Å². The summed E-state index contributed by atoms with van der Waals surface area (Å²) in [5.41, 5.74) is 5.45. The Kier molecular flexibility index (Phi) is 4.67. The Morgan fingerprint density at radius 1 is 0.944 bits per heavy atom. The molecule has 7 rings (SSSR count). The largest absolute Gasteiger partial charge is 0.457 e. The second-order valence-electron chi connectivity index (χ2n) is 8.78. The third-order valence-electron chi connectivity index (χ3n) is 6.41. The average molecular weight is 479 g/mol. The van der Waals surface area contributed by atoms with Crippen LogP contribution in [0.25, 0.3) is 16.9 Å². The first-order chi connectivity index (χ1) is 17.7. The van der Waals surface area contributed by atoms with Gasteiger partial charge in [-0.3, -0.25) is 0 Å². The van der Waals surface area contributed by atoms with Gasteiger partial charge in [0.15, 0.2) is 11.5 Å². The smallest absolute Gasteiger partial charge is 0.160 e. The van der Waals surface area contributed by atoms with E-state index in [2.05, 4.69) is 36.9 Å². The van der Waals surface area contributed by atoms with Crippen LogP contribution >= 0.6 is 0 Å². The van der Waals surface area contributed by atoms with E-state index < -0.39 is 0 Å². The molecular formula is C25H22N10O. The van der Waals surface area contributed by atoms with Crippen LogP contribution in [0.5, 0.6) is 11.5 Å². The first kappa shape index (κ1) is 20.6. The summed E-state index contributed by atoms with van der Waals surface area (Å²) in [5, 5.41) is 20.0. The van der Waals surface area contributed by atoms with Crippen LogP contribution in [0.2, 0.25) is 0 Å². The molecule has 5 aromatic heterocycles. The number of nitrogens with one attached hydrogen (secondary N) is 2. The molecule has 6 aromatic rings. The van der Waals surface area contributed by atoms with Gasteiger partial charge < -0.3 is 15.4 Å². The second kappa shape index (κ2) is 8.17. The molecule has 2 N–H and O–H groups in total. The van der Waals surface area contributed by atoms with Gasteiger partial charge in [-0.05, 0) is 48.9 Å². The lowest BCUT2D eigenvalue weighted by Crippen LogP contribution is -2.40. The number of aryl methyl sites for hydroxylation is 1. The molecule has 0 aliphatic carbocycles. The van der Waals surface area contributed by atoms with E-state index in [0.717, 1.165) is 52.6 Å². The van der Waals surface area contributed by atoms with E-state index in [9.17, 15) is 0 Å². The number of hydrogen-bond acceptors (Lipinski definition) is 8. The molecule has 11 nitrogen and oxygen atoms in total. The Balaban J connectivity index is 1.17. The molecule has 1 saturated heterocycles. The van der Waals surface area contributed by atoms with Crippen molar-refractivity contribution in [3.63, 3.8) is 0 Å². The van der Waals surface area contributed by atoms with Gasteiger partial charge >= 0.3 is 0 Å². The highest BCUT2D eigenvalue weighted by molar-refractivity contribution is 5.81. The number of aromatic nitrogens is 8. The normalized spacial score (nSPS) is 13.8. The van der Waals surface area contributed by atoms with Crippen molar-refractivity contribution >= 4 is 22.7 Å². The molecule has 0 radical (unpaired) electrons. The van der Waals surface area contributed by atoms with Gasteiger partial charge in [0.2, 0.25) is 0 Å². The lowest BCUT2D eigenvalue weighted by atomic mass is 10.0. The van der Waals surface area contributed by atoms with E-state index in [1.807, 2.05) is 71.1 Å². The van der Waals surface area contributed by atoms with Crippen LogP contribution in [-0.2, 0) is 0 Å². The summed E-state index contributed by atoms with van der Waals surface area (Å²) < 4.78 is 11.5. The van der Waals surface area contributed by atoms with E-state index in [0.29, 0.717) is 17.5 Å². The Morgan fingerprint density at radius 2 is 1.81 bits per heavy atom. The predicted octanol–water partition coefficient (Wildman–Crippen LogP) is 3.49. The minimum Gasteiger partial charge on any atom is -0.457 e. The van der Waals surface area contributed by atoms with Crippen LogP contribution in [0.1, 0.15) is 17.2 Å². The maximum atomic E-state index is 6.11. The molecule has 0 bridgehead atoms. The zero-order valence-electron chi connectivity index (χ0n) is 19.4. The third kappa shape index (κ3) is 3.53. The SMILES string of the molecule is Cc1cc(Nc2ncnn3ccc(-n4ccc(C5CNC5)n4)c23)ccc1Oc1ccn2ncnc2c1. The van der Waals surface area contributed by atoms with Gasteiger partial charge in [0.1, 0.15) is 29.7 Å². The van der Waals surface area contributed by atoms with Crippen LogP contribution in [0.4, 0.5) is 11.5 Å². The monoisotopic (exact) mass is 478 g/mol. The number of benzene rings is 1. The van der Waals surface area contributed by atoms with Gasteiger partial charge in [-0.25, -0.2) is 23.7 Å². The zero-order valence-corrected chi connectivity index (χ0v) is 19.4. The lowest BCUT2D eigenvalue weighted by molar-refractivity contribution is 0.437. The molecule has 0 atom stereocenters. The average Bonchev–Trinajstić information content (AvgIpc) is 3.59. The molecule has 0 saturated carbocycles. The molecule has 36 heavy (non-hydrogen) atoms. The number of pyridine rings is 1. The Morgan fingerprint density at radius 3 is 2.67 bits per heavy atom. The van der Waals surface area contributed by atoms with Crippen LogP contribution in [-0.4, -0.2) is 52.1 Å². The van der Waals surface area contributed by atoms with Gasteiger partial charge in [-0.2, -0.15) is 15.3 Å². The first-order valence-electron chi connectivity index (χ1n) is 11.7. The van der Waals surface area contributed by atoms with Crippen molar-refractivity contribution in [1.29, 1.82) is 0 Å². The lowest BCUT2D eigenvalue weighted by Gasteiger charge is -2.24. The maximum absolute atomic E-state index is 6.11. The second-order valence-corrected chi connectivity index (χ2v) is 8.78. The van der Waals surface area contributed by atoms with Crippen LogP contribution in [0, 0.1) is 6.92 Å². The van der Waals surface area contributed by atoms with Gasteiger partial charge in [0, 0.05) is 49.4 Å². The fourth-order valence-electron chi connectivity index (χ4n) is 4.37. The molecule has 1 aromatic carbocycles. The van der Waals surface area contributed by atoms with Crippen molar-refractivity contribution in [2.45, 2.75) is 12.8 Å². The topological polar surface area (TPSA) is 111 Å². The van der Waals surface area contributed by atoms with E-state index >= 15 is 0 Å². The van der Waals surface area contributed by atoms with E-state index in [4.69, 9.17) is 9.84 Å². The molecule has 178 valence electrons. The summed E-state index contributed by atoms with van der Waals surface area (Å²) in [6, 6.07) is 13.7. The number of anilines is 2. The zero-order chi connectivity index (χ0) is 24.1. The summed E-state index contributed by atoms with van der Waals surface area (Å²) in [7, 11) is 0. The Labute approximate surface area is 205 Å². The highest BCUT2D eigenvalue weighted by Crippen LogP contribution is 2.31. The van der Waals surface area contributed by atoms with Crippen LogP contribution < -0.4 is 15.4 Å². The van der Waals surface area contributed by atoms with Crippen molar-refractivity contribution in [1.82, 2.24) is 44.3 Å². The van der Waals surface area contributed by atoms with Crippen LogP contribution in [0.15, 0.2) is 73.7 Å². The van der Waals surface area contributed by atoms with Gasteiger partial charge in [0.05, 0.1) is 11.4 Å². The minimum absolute atomic E-state index is 0.468. The molecule has 0 spiro atoms. The summed E-state index contributed by atoms with van der Waals surface area (Å²) >= 11 is 0. The fourth-order valence-corrected chi connectivity index (χ4v) is 4.37. The highest BCUT2D eigenvalue weighted by Gasteiger charge is 2.22. The van der Waals surface area contributed by atoms with Gasteiger partial charge in [-0.15, -0.1) is 0 Å². The van der Waals surface area contributed by atoms with Crippen LogP contribution in [0.3, 0.4) is 0 Å². The predicted molar refractivity (Wildman–Crippen MR) is 133 cm³/mol. The highest BCUT2D eigenvalue weighted by atomic mass is 16.5. The first-order valence-corrected chi connectivity index (χ1v) is 11.7. The van der Waals surface area contributed by atoms with E-state index in [1.54, 1.807) is 10.8 Å². The summed E-state index contributed by atoms with van der Waals surface area (Å²) in [4.78, 5) is 8.74.